The Morgan fingerprint density at radius 2 is 1.77 bits per heavy atom. The molecule has 22 heavy (non-hydrogen) atoms. The Bertz CT molecular complexity index is 845. The largest absolute Gasteiger partial charge is 0.399 e. The van der Waals surface area contributed by atoms with Crippen molar-refractivity contribution < 1.29 is 0 Å². The topological polar surface area (TPSA) is 57.0 Å². The molecule has 0 amide bonds. The van der Waals surface area contributed by atoms with Crippen LogP contribution >= 0.6 is 0 Å². The Morgan fingerprint density at radius 3 is 2.64 bits per heavy atom. The fraction of sp³-hybridized carbons (Fsp3) is 0.263. The van der Waals surface area contributed by atoms with E-state index in [9.17, 15) is 0 Å². The second-order valence-electron chi connectivity index (χ2n) is 6.19. The number of para-hydroxylation sites is 1. The Kier molecular flexibility index (Phi) is 3.07. The number of hydrogen-bond acceptors (Lipinski definition) is 2. The second kappa shape index (κ2) is 5.09. The Labute approximate surface area is 130 Å². The molecule has 4 rings (SSSR count). The molecule has 0 radical (unpaired) electrons. The van der Waals surface area contributed by atoms with E-state index in [1.54, 1.807) is 0 Å². The third kappa shape index (κ3) is 2.05. The zero-order valence-corrected chi connectivity index (χ0v) is 12.7. The average Bonchev–Trinajstić information content (AvgIpc) is 2.83. The van der Waals surface area contributed by atoms with E-state index >= 15 is 0 Å². The van der Waals surface area contributed by atoms with Gasteiger partial charge in [0.1, 0.15) is 0 Å². The van der Waals surface area contributed by atoms with Crippen LogP contribution in [0.1, 0.15) is 29.7 Å². The number of nitrogens with two attached hydrogens (primary N) is 2. The molecule has 2 aromatic carbocycles. The normalized spacial score (nSPS) is 14.2. The molecule has 0 bridgehead atoms. The Balaban J connectivity index is 1.91. The summed E-state index contributed by atoms with van der Waals surface area (Å²) in [4.78, 5) is 0. The van der Waals surface area contributed by atoms with Crippen molar-refractivity contribution in [2.45, 2.75) is 32.2 Å². The van der Waals surface area contributed by atoms with Crippen LogP contribution in [0.4, 0.5) is 11.4 Å². The van der Waals surface area contributed by atoms with Crippen molar-refractivity contribution in [2.24, 2.45) is 0 Å². The predicted octanol–water partition coefficient (Wildman–Crippen LogP) is 3.73. The average molecular weight is 291 g/mol. The van der Waals surface area contributed by atoms with Crippen molar-refractivity contribution in [3.63, 3.8) is 0 Å². The number of aromatic nitrogens is 1. The van der Waals surface area contributed by atoms with Gasteiger partial charge in [-0.15, -0.1) is 0 Å². The zero-order chi connectivity index (χ0) is 15.1. The molecule has 0 unspecified atom stereocenters. The van der Waals surface area contributed by atoms with Gasteiger partial charge in [0.2, 0.25) is 0 Å². The molecule has 1 aromatic heterocycles. The maximum Gasteiger partial charge on any atom is 0.0499 e. The van der Waals surface area contributed by atoms with Crippen LogP contribution in [0.25, 0.3) is 10.9 Å². The number of aryl methyl sites for hydroxylation is 1. The number of nitrogen functional groups attached to an aromatic ring is 2. The van der Waals surface area contributed by atoms with Gasteiger partial charge in [-0.2, -0.15) is 0 Å². The zero-order valence-electron chi connectivity index (χ0n) is 12.7. The lowest BCUT2D eigenvalue weighted by atomic mass is 9.95. The van der Waals surface area contributed by atoms with E-state index in [-0.39, 0.29) is 0 Å². The molecule has 0 atom stereocenters. The van der Waals surface area contributed by atoms with Gasteiger partial charge in [0.05, 0.1) is 0 Å². The standard InChI is InChI=1S/C19H21N3/c20-14-9-10-19-16(11-14)15-6-2-4-8-18(15)22(19)12-13-5-1-3-7-17(13)21/h1,3,5,7,9-11H,2,4,6,8,12,20-21H2. The smallest absolute Gasteiger partial charge is 0.0499 e. The maximum atomic E-state index is 6.15. The number of fused-ring (bicyclic) bond motifs is 3. The van der Waals surface area contributed by atoms with Gasteiger partial charge in [-0.1, -0.05) is 18.2 Å². The summed E-state index contributed by atoms with van der Waals surface area (Å²) in [6.07, 6.45) is 4.85. The fourth-order valence-electron chi connectivity index (χ4n) is 3.68. The fourth-order valence-corrected chi connectivity index (χ4v) is 3.68. The summed E-state index contributed by atoms with van der Waals surface area (Å²) in [6.45, 7) is 0.836. The molecule has 0 spiro atoms. The monoisotopic (exact) mass is 291 g/mol. The Hall–Kier alpha value is -2.42. The van der Waals surface area contributed by atoms with Crippen molar-refractivity contribution in [3.05, 3.63) is 59.3 Å². The molecule has 0 aliphatic heterocycles. The van der Waals surface area contributed by atoms with Gasteiger partial charge in [0.25, 0.3) is 0 Å². The lowest BCUT2D eigenvalue weighted by Crippen LogP contribution is -2.10. The highest BCUT2D eigenvalue weighted by Gasteiger charge is 2.20. The number of benzene rings is 2. The minimum atomic E-state index is 0.836. The third-order valence-electron chi connectivity index (χ3n) is 4.78. The summed E-state index contributed by atoms with van der Waals surface area (Å²) in [5.41, 5.74) is 19.3. The highest BCUT2D eigenvalue weighted by molar-refractivity contribution is 5.88. The van der Waals surface area contributed by atoms with Crippen LogP contribution in [0.3, 0.4) is 0 Å². The first kappa shape index (κ1) is 13.3. The van der Waals surface area contributed by atoms with Crippen molar-refractivity contribution >= 4 is 22.3 Å². The number of anilines is 2. The van der Waals surface area contributed by atoms with Crippen LogP contribution in [-0.2, 0) is 19.4 Å². The van der Waals surface area contributed by atoms with E-state index in [2.05, 4.69) is 28.8 Å². The molecule has 3 nitrogen and oxygen atoms in total. The number of nitrogens with zero attached hydrogens (tertiary/aromatic N) is 1. The van der Waals surface area contributed by atoms with Crippen LogP contribution in [0.2, 0.25) is 0 Å². The molecule has 3 heteroatoms. The second-order valence-corrected chi connectivity index (χ2v) is 6.19. The van der Waals surface area contributed by atoms with E-state index in [0.29, 0.717) is 0 Å². The van der Waals surface area contributed by atoms with Gasteiger partial charge in [-0.25, -0.2) is 0 Å². The minimum Gasteiger partial charge on any atom is -0.399 e. The summed E-state index contributed by atoms with van der Waals surface area (Å²) in [7, 11) is 0. The molecular weight excluding hydrogens is 270 g/mol. The summed E-state index contributed by atoms with van der Waals surface area (Å²) in [6, 6.07) is 14.4. The first-order valence-electron chi connectivity index (χ1n) is 7.97. The van der Waals surface area contributed by atoms with Gasteiger partial charge in [-0.05, 0) is 61.1 Å². The van der Waals surface area contributed by atoms with Gasteiger partial charge in [0.15, 0.2) is 0 Å². The van der Waals surface area contributed by atoms with Gasteiger partial charge < -0.3 is 16.0 Å². The summed E-state index contributed by atoms with van der Waals surface area (Å²) in [5, 5.41) is 1.32. The molecule has 1 aliphatic carbocycles. The number of rotatable bonds is 2. The van der Waals surface area contributed by atoms with Crippen molar-refractivity contribution in [2.75, 3.05) is 11.5 Å². The predicted molar refractivity (Wildman–Crippen MR) is 92.9 cm³/mol. The highest BCUT2D eigenvalue weighted by atomic mass is 15.0. The van der Waals surface area contributed by atoms with E-state index in [0.717, 1.165) is 30.8 Å². The Morgan fingerprint density at radius 1 is 0.955 bits per heavy atom. The summed E-state index contributed by atoms with van der Waals surface area (Å²) >= 11 is 0. The molecule has 3 aromatic rings. The lowest BCUT2D eigenvalue weighted by molar-refractivity contribution is 0.638. The lowest BCUT2D eigenvalue weighted by Gasteiger charge is -2.16. The quantitative estimate of drug-likeness (QED) is 0.707. The van der Waals surface area contributed by atoms with Crippen LogP contribution in [0, 0.1) is 0 Å². The van der Waals surface area contributed by atoms with E-state index < -0.39 is 0 Å². The number of hydrogen-bond donors (Lipinski definition) is 2. The van der Waals surface area contributed by atoms with Gasteiger partial charge in [0, 0.05) is 34.5 Å². The molecule has 0 saturated heterocycles. The van der Waals surface area contributed by atoms with Crippen LogP contribution < -0.4 is 11.5 Å². The highest BCUT2D eigenvalue weighted by Crippen LogP contribution is 2.34. The van der Waals surface area contributed by atoms with Crippen LogP contribution in [0.5, 0.6) is 0 Å². The van der Waals surface area contributed by atoms with E-state index in [1.807, 2.05) is 18.2 Å². The third-order valence-corrected chi connectivity index (χ3v) is 4.78. The van der Waals surface area contributed by atoms with E-state index in [1.165, 1.54) is 40.6 Å². The summed E-state index contributed by atoms with van der Waals surface area (Å²) in [5.74, 6) is 0. The SMILES string of the molecule is Nc1ccc2c(c1)c1c(n2Cc2ccccc2N)CCCC1. The minimum absolute atomic E-state index is 0.836. The van der Waals surface area contributed by atoms with E-state index in [4.69, 9.17) is 11.5 Å². The molecule has 1 aliphatic rings. The molecule has 112 valence electrons. The van der Waals surface area contributed by atoms with Crippen molar-refractivity contribution in [1.82, 2.24) is 4.57 Å². The molecule has 4 N–H and O–H groups in total. The first-order chi connectivity index (χ1) is 10.7. The molecular formula is C19H21N3. The molecule has 0 fully saturated rings. The first-order valence-corrected chi connectivity index (χ1v) is 7.97. The van der Waals surface area contributed by atoms with Crippen molar-refractivity contribution in [3.8, 4) is 0 Å². The van der Waals surface area contributed by atoms with Crippen LogP contribution in [-0.4, -0.2) is 4.57 Å². The van der Waals surface area contributed by atoms with Gasteiger partial charge >= 0.3 is 0 Å². The van der Waals surface area contributed by atoms with Crippen LogP contribution in [0.15, 0.2) is 42.5 Å². The summed E-state index contributed by atoms with van der Waals surface area (Å²) < 4.78 is 2.44. The van der Waals surface area contributed by atoms with Gasteiger partial charge in [-0.3, -0.25) is 0 Å². The van der Waals surface area contributed by atoms with Crippen molar-refractivity contribution in [1.29, 1.82) is 0 Å². The molecule has 1 heterocycles. The molecule has 0 saturated carbocycles. The maximum absolute atomic E-state index is 6.15.